The zero-order valence-corrected chi connectivity index (χ0v) is 16.1. The molecule has 0 amide bonds. The summed E-state index contributed by atoms with van der Waals surface area (Å²) in [5, 5.41) is 0. The van der Waals surface area contributed by atoms with Crippen LogP contribution in [0.5, 0.6) is 0 Å². The largest absolute Gasteiger partial charge is 0.741 e. The highest BCUT2D eigenvalue weighted by Crippen LogP contribution is 2.20. The van der Waals surface area contributed by atoms with Gasteiger partial charge in [-0.1, -0.05) is 19.6 Å². The first kappa shape index (κ1) is 22.2. The molecule has 0 N–H and O–H groups in total. The highest BCUT2D eigenvalue weighted by Gasteiger charge is 2.36. The summed E-state index contributed by atoms with van der Waals surface area (Å²) < 4.78 is 62.2. The van der Waals surface area contributed by atoms with Crippen LogP contribution in [0.4, 0.5) is 13.2 Å². The molecule has 0 unspecified atom stereocenters. The predicted molar refractivity (Wildman–Crippen MR) is 85.2 cm³/mol. The molecule has 0 aliphatic carbocycles. The van der Waals surface area contributed by atoms with Gasteiger partial charge in [-0.2, -0.15) is 13.2 Å². The van der Waals surface area contributed by atoms with E-state index in [1.54, 1.807) is 0 Å². The number of hydrogen-bond acceptors (Lipinski definition) is 3. The molecule has 0 saturated carbocycles. The van der Waals surface area contributed by atoms with E-state index in [1.807, 2.05) is 0 Å². The van der Waals surface area contributed by atoms with Crippen molar-refractivity contribution < 1.29 is 30.6 Å². The summed E-state index contributed by atoms with van der Waals surface area (Å²) in [6, 6.07) is 4.36. The number of nitrogens with zero attached hydrogens (tertiary/aromatic N) is 2. The van der Waals surface area contributed by atoms with Gasteiger partial charge in [-0.3, -0.25) is 0 Å². The Labute approximate surface area is 137 Å². The monoisotopic (exact) mass is 374 g/mol. The van der Waals surface area contributed by atoms with E-state index in [1.165, 1.54) is 11.9 Å². The van der Waals surface area contributed by atoms with Gasteiger partial charge in [0, 0.05) is 13.2 Å². The van der Waals surface area contributed by atoms with Gasteiger partial charge in [-0.15, -0.1) is 0 Å². The van der Waals surface area contributed by atoms with E-state index in [9.17, 15) is 13.2 Å². The molecule has 0 fully saturated rings. The molecular formula is C13H25F3N2O3SSi. The zero-order valence-electron chi connectivity index (χ0n) is 14.3. The van der Waals surface area contributed by atoms with Crippen molar-refractivity contribution in [1.29, 1.82) is 0 Å². The van der Waals surface area contributed by atoms with Crippen LogP contribution in [0.25, 0.3) is 0 Å². The Bertz CT molecular complexity index is 605. The van der Waals surface area contributed by atoms with E-state index in [4.69, 9.17) is 13.0 Å². The minimum Gasteiger partial charge on any atom is -0.741 e. The van der Waals surface area contributed by atoms with Crippen LogP contribution in [0, 0.1) is 0 Å². The molecule has 1 aromatic rings. The number of aryl methyl sites for hydroxylation is 1. The Morgan fingerprint density at radius 1 is 1.26 bits per heavy atom. The van der Waals surface area contributed by atoms with E-state index in [0.717, 1.165) is 11.0 Å². The third-order valence-electron chi connectivity index (χ3n) is 2.83. The first-order valence-electron chi connectivity index (χ1n) is 6.89. The minimum absolute atomic E-state index is 0.981. The van der Waals surface area contributed by atoms with Crippen LogP contribution in [0.2, 0.25) is 19.6 Å². The quantitative estimate of drug-likeness (QED) is 0.352. The minimum atomic E-state index is -6.09. The number of hydrogen-bond donors (Lipinski definition) is 0. The van der Waals surface area contributed by atoms with E-state index >= 15 is 0 Å². The van der Waals surface area contributed by atoms with Gasteiger partial charge in [0.25, 0.3) is 0 Å². The summed E-state index contributed by atoms with van der Waals surface area (Å²) in [7, 11) is -0.265. The summed E-state index contributed by atoms with van der Waals surface area (Å²) in [6.45, 7) is 8.46. The van der Waals surface area contributed by atoms with Crippen molar-refractivity contribution in [3.05, 3.63) is 24.0 Å². The molecule has 0 atom stereocenters. The Morgan fingerprint density at radius 3 is 1.96 bits per heavy atom. The number of alkyl halides is 3. The fourth-order valence-corrected chi connectivity index (χ4v) is 5.12. The van der Waals surface area contributed by atoms with Crippen LogP contribution in [-0.2, 0) is 23.7 Å². The van der Waals surface area contributed by atoms with Crippen molar-refractivity contribution in [2.75, 3.05) is 20.3 Å². The molecule has 136 valence electrons. The first-order valence-corrected chi connectivity index (χ1v) is 12.0. The van der Waals surface area contributed by atoms with E-state index in [-0.39, 0.29) is 0 Å². The molecule has 1 heterocycles. The van der Waals surface area contributed by atoms with Crippen LogP contribution < -0.4 is 0 Å². The lowest BCUT2D eigenvalue weighted by atomic mass is 10.4. The molecule has 1 aromatic heterocycles. The SMILES string of the molecule is Cn1cccc1C[N+](C)(C)C[Si](C)(C)C.O=S(=O)([O-])C(F)(F)F. The molecular weight excluding hydrogens is 349 g/mol. The maximum atomic E-state index is 10.7. The van der Waals surface area contributed by atoms with Crippen LogP contribution >= 0.6 is 0 Å². The van der Waals surface area contributed by atoms with Gasteiger partial charge in [0.2, 0.25) is 0 Å². The van der Waals surface area contributed by atoms with E-state index in [2.05, 4.69) is 63.7 Å². The zero-order chi connectivity index (χ0) is 18.7. The molecule has 0 radical (unpaired) electrons. The van der Waals surface area contributed by atoms with Crippen LogP contribution in [0.3, 0.4) is 0 Å². The van der Waals surface area contributed by atoms with Gasteiger partial charge in [-0.25, -0.2) is 8.42 Å². The number of quaternary nitrogens is 1. The lowest BCUT2D eigenvalue weighted by molar-refractivity contribution is -0.894. The molecule has 1 rings (SSSR count). The van der Waals surface area contributed by atoms with Gasteiger partial charge in [-0.05, 0) is 12.1 Å². The highest BCUT2D eigenvalue weighted by molar-refractivity contribution is 7.86. The third kappa shape index (κ3) is 9.13. The maximum Gasteiger partial charge on any atom is 0.485 e. The molecule has 10 heteroatoms. The molecule has 23 heavy (non-hydrogen) atoms. The topological polar surface area (TPSA) is 62.1 Å². The molecule has 5 nitrogen and oxygen atoms in total. The van der Waals surface area contributed by atoms with Crippen molar-refractivity contribution in [2.24, 2.45) is 7.05 Å². The molecule has 0 aliphatic heterocycles. The number of rotatable bonds is 4. The van der Waals surface area contributed by atoms with Crippen molar-refractivity contribution in [1.82, 2.24) is 4.57 Å². The van der Waals surface area contributed by atoms with Gasteiger partial charge in [0.05, 0.1) is 26.0 Å². The predicted octanol–water partition coefficient (Wildman–Crippen LogP) is 2.53. The Kier molecular flexibility index (Phi) is 7.10. The molecule has 0 aliphatic rings. The van der Waals surface area contributed by atoms with Gasteiger partial charge < -0.3 is 13.6 Å². The van der Waals surface area contributed by atoms with Crippen molar-refractivity contribution in [3.63, 3.8) is 0 Å². The lowest BCUT2D eigenvalue weighted by Crippen LogP contribution is -2.50. The second-order valence-electron chi connectivity index (χ2n) is 7.32. The maximum absolute atomic E-state index is 10.7. The Morgan fingerprint density at radius 2 is 1.70 bits per heavy atom. The van der Waals surface area contributed by atoms with Gasteiger partial charge >= 0.3 is 5.51 Å². The molecule has 0 aromatic carbocycles. The normalized spacial score (nSPS) is 13.5. The summed E-state index contributed by atoms with van der Waals surface area (Å²) in [6.07, 6.45) is 3.46. The smallest absolute Gasteiger partial charge is 0.485 e. The standard InChI is InChI=1S/C12H25N2Si.CHF3O3S/c1-13-9-7-8-12(13)10-14(2,3)11-15(4,5)6;2-1(3,4)8(5,6)7/h7-9H,10-11H2,1-6H3;(H,5,6,7)/q+1;/p-1. The summed E-state index contributed by atoms with van der Waals surface area (Å²) in [5.41, 5.74) is -4.22. The number of aromatic nitrogens is 1. The Balaban J connectivity index is 0.000000515. The average Bonchev–Trinajstić information content (AvgIpc) is 2.57. The molecule has 0 saturated heterocycles. The summed E-state index contributed by atoms with van der Waals surface area (Å²) in [5.74, 6) is 0. The second kappa shape index (κ2) is 7.37. The van der Waals surface area contributed by atoms with Crippen molar-refractivity contribution >= 4 is 18.2 Å². The van der Waals surface area contributed by atoms with Crippen LogP contribution in [0.15, 0.2) is 18.3 Å². The van der Waals surface area contributed by atoms with Crippen LogP contribution in [-0.4, -0.2) is 55.9 Å². The fraction of sp³-hybridized carbons (Fsp3) is 0.692. The number of halogens is 3. The van der Waals surface area contributed by atoms with E-state index in [0.29, 0.717) is 0 Å². The van der Waals surface area contributed by atoms with Crippen molar-refractivity contribution in [2.45, 2.75) is 31.7 Å². The van der Waals surface area contributed by atoms with Gasteiger partial charge in [0.15, 0.2) is 10.1 Å². The van der Waals surface area contributed by atoms with Crippen LogP contribution in [0.1, 0.15) is 5.69 Å². The molecule has 0 bridgehead atoms. The molecule has 0 spiro atoms. The highest BCUT2D eigenvalue weighted by atomic mass is 32.2. The first-order chi connectivity index (χ1) is 9.95. The van der Waals surface area contributed by atoms with Crippen molar-refractivity contribution in [3.8, 4) is 0 Å². The summed E-state index contributed by atoms with van der Waals surface area (Å²) in [4.78, 5) is 0. The second-order valence-corrected chi connectivity index (χ2v) is 14.1. The van der Waals surface area contributed by atoms with Gasteiger partial charge in [0.1, 0.15) is 14.6 Å². The summed E-state index contributed by atoms with van der Waals surface area (Å²) >= 11 is 0. The lowest BCUT2D eigenvalue weighted by Gasteiger charge is -2.35. The van der Waals surface area contributed by atoms with E-state index < -0.39 is 23.7 Å². The Hall–Kier alpha value is -0.843. The average molecular weight is 375 g/mol. The third-order valence-corrected chi connectivity index (χ3v) is 5.20. The fourth-order valence-electron chi connectivity index (χ4n) is 2.44.